The molecule has 0 spiro atoms. The van der Waals surface area contributed by atoms with Crippen molar-refractivity contribution >= 4 is 29.0 Å². The molecular weight excluding hydrogens is 274 g/mol. The van der Waals surface area contributed by atoms with Gasteiger partial charge in [-0.1, -0.05) is 12.6 Å². The molecule has 100 valence electrons. The largest absolute Gasteiger partial charge is 0.465 e. The Morgan fingerprint density at radius 1 is 1.45 bits per heavy atom. The fourth-order valence-electron chi connectivity index (χ4n) is 1.94. The maximum absolute atomic E-state index is 11.8. The molecule has 0 aromatic carbocycles. The zero-order valence-electron chi connectivity index (χ0n) is 10.7. The molecule has 0 saturated heterocycles. The third-order valence-electron chi connectivity index (χ3n) is 2.86. The normalized spacial score (nSPS) is 10.7. The Bertz CT molecular complexity index is 790. The zero-order chi connectivity index (χ0) is 14.1. The first-order valence-electron chi connectivity index (χ1n) is 5.89. The first kappa shape index (κ1) is 12.6. The summed E-state index contributed by atoms with van der Waals surface area (Å²) in [6, 6.07) is 7.50. The molecule has 0 fully saturated rings. The predicted molar refractivity (Wildman–Crippen MR) is 77.7 cm³/mol. The molecule has 0 aliphatic heterocycles. The number of carbonyl (C=O) groups is 1. The third kappa shape index (κ3) is 1.90. The van der Waals surface area contributed by atoms with Gasteiger partial charge in [-0.15, -0.1) is 16.4 Å². The van der Waals surface area contributed by atoms with E-state index < -0.39 is 5.97 Å². The predicted octanol–water partition coefficient (Wildman–Crippen LogP) is 2.89. The molecule has 5 nitrogen and oxygen atoms in total. The summed E-state index contributed by atoms with van der Waals surface area (Å²) in [4.78, 5) is 17.2. The number of methoxy groups -OCH3 is 1. The Balaban J connectivity index is 2.32. The van der Waals surface area contributed by atoms with Crippen LogP contribution in [0.4, 0.5) is 0 Å². The van der Waals surface area contributed by atoms with Crippen molar-refractivity contribution in [2.24, 2.45) is 0 Å². The van der Waals surface area contributed by atoms with E-state index in [1.165, 1.54) is 7.11 Å². The summed E-state index contributed by atoms with van der Waals surface area (Å²) in [7, 11) is 1.34. The summed E-state index contributed by atoms with van der Waals surface area (Å²) in [5.74, 6) is 0.0369. The number of pyridine rings is 1. The molecule has 20 heavy (non-hydrogen) atoms. The number of hydrogen-bond donors (Lipinski definition) is 0. The standard InChI is InChI=1S/C14H11N3O2S/c1-3-12-15-13-9(14(18)19-2)6-7-10(17(13)16-12)11-5-4-8-20-11/h3-8H,1H2,2H3. The Hall–Kier alpha value is -2.47. The number of carbonyl (C=O) groups excluding carboxylic acids is 1. The minimum absolute atomic E-state index is 0.383. The zero-order valence-corrected chi connectivity index (χ0v) is 11.6. The van der Waals surface area contributed by atoms with Gasteiger partial charge in [-0.25, -0.2) is 14.3 Å². The Morgan fingerprint density at radius 3 is 2.95 bits per heavy atom. The van der Waals surface area contributed by atoms with Gasteiger partial charge >= 0.3 is 5.97 Å². The number of thiophene rings is 1. The van der Waals surface area contributed by atoms with Gasteiger partial charge in [-0.05, 0) is 29.7 Å². The van der Waals surface area contributed by atoms with Gasteiger partial charge < -0.3 is 4.74 Å². The summed E-state index contributed by atoms with van der Waals surface area (Å²) in [6.45, 7) is 3.66. The highest BCUT2D eigenvalue weighted by Gasteiger charge is 2.17. The summed E-state index contributed by atoms with van der Waals surface area (Å²) >= 11 is 1.60. The first-order valence-corrected chi connectivity index (χ1v) is 6.77. The van der Waals surface area contributed by atoms with Crippen molar-refractivity contribution in [3.63, 3.8) is 0 Å². The van der Waals surface area contributed by atoms with E-state index in [0.717, 1.165) is 10.6 Å². The fourth-order valence-corrected chi connectivity index (χ4v) is 2.68. The van der Waals surface area contributed by atoms with E-state index in [1.54, 1.807) is 28.0 Å². The van der Waals surface area contributed by atoms with Crippen LogP contribution in [0.1, 0.15) is 16.2 Å². The highest BCUT2D eigenvalue weighted by Crippen LogP contribution is 2.26. The maximum atomic E-state index is 11.8. The maximum Gasteiger partial charge on any atom is 0.341 e. The topological polar surface area (TPSA) is 56.5 Å². The second-order valence-electron chi connectivity index (χ2n) is 4.01. The van der Waals surface area contributed by atoms with Crippen LogP contribution in [0.2, 0.25) is 0 Å². The summed E-state index contributed by atoms with van der Waals surface area (Å²) in [5, 5.41) is 6.34. The molecule has 3 rings (SSSR count). The van der Waals surface area contributed by atoms with E-state index in [4.69, 9.17) is 4.74 Å². The molecule has 3 heterocycles. The van der Waals surface area contributed by atoms with Gasteiger partial charge in [0, 0.05) is 0 Å². The molecule has 0 N–H and O–H groups in total. The lowest BCUT2D eigenvalue weighted by Crippen LogP contribution is -2.05. The van der Waals surface area contributed by atoms with Crippen LogP contribution in [-0.4, -0.2) is 27.7 Å². The van der Waals surface area contributed by atoms with Crippen molar-refractivity contribution in [2.45, 2.75) is 0 Å². The van der Waals surface area contributed by atoms with Gasteiger partial charge in [0.2, 0.25) is 0 Å². The number of fused-ring (bicyclic) bond motifs is 1. The molecule has 0 atom stereocenters. The van der Waals surface area contributed by atoms with E-state index in [-0.39, 0.29) is 0 Å². The van der Waals surface area contributed by atoms with Crippen molar-refractivity contribution in [3.8, 4) is 10.6 Å². The van der Waals surface area contributed by atoms with Crippen LogP contribution < -0.4 is 0 Å². The smallest absolute Gasteiger partial charge is 0.341 e. The number of nitrogens with zero attached hydrogens (tertiary/aromatic N) is 3. The molecule has 0 aliphatic carbocycles. The molecule has 0 unspecified atom stereocenters. The van der Waals surface area contributed by atoms with E-state index in [1.807, 2.05) is 23.6 Å². The van der Waals surface area contributed by atoms with Crippen LogP contribution in [-0.2, 0) is 4.74 Å². The highest BCUT2D eigenvalue weighted by atomic mass is 32.1. The van der Waals surface area contributed by atoms with Crippen molar-refractivity contribution in [3.05, 3.63) is 47.6 Å². The van der Waals surface area contributed by atoms with Crippen molar-refractivity contribution in [2.75, 3.05) is 7.11 Å². The molecule has 0 aliphatic rings. The molecule has 0 radical (unpaired) electrons. The fraction of sp³-hybridized carbons (Fsp3) is 0.0714. The molecular formula is C14H11N3O2S. The van der Waals surface area contributed by atoms with Gasteiger partial charge in [-0.2, -0.15) is 0 Å². The van der Waals surface area contributed by atoms with E-state index in [2.05, 4.69) is 16.7 Å². The lowest BCUT2D eigenvalue weighted by molar-refractivity contribution is 0.0602. The second-order valence-corrected chi connectivity index (χ2v) is 4.96. The number of esters is 1. The van der Waals surface area contributed by atoms with Crippen LogP contribution in [0.5, 0.6) is 0 Å². The van der Waals surface area contributed by atoms with Crippen LogP contribution >= 0.6 is 11.3 Å². The van der Waals surface area contributed by atoms with E-state index in [9.17, 15) is 4.79 Å². The lowest BCUT2D eigenvalue weighted by Gasteiger charge is -2.05. The molecule has 3 aromatic rings. The molecule has 0 bridgehead atoms. The Kier molecular flexibility index (Phi) is 3.08. The SMILES string of the molecule is C=Cc1nc2c(C(=O)OC)ccc(-c3cccs3)n2n1. The Morgan fingerprint density at radius 2 is 2.30 bits per heavy atom. The minimum atomic E-state index is -0.434. The van der Waals surface area contributed by atoms with Crippen LogP contribution in [0.3, 0.4) is 0 Å². The summed E-state index contributed by atoms with van der Waals surface area (Å²) in [6.07, 6.45) is 1.55. The van der Waals surface area contributed by atoms with Crippen LogP contribution in [0, 0.1) is 0 Å². The van der Waals surface area contributed by atoms with Crippen LogP contribution in [0.25, 0.3) is 22.3 Å². The van der Waals surface area contributed by atoms with Gasteiger partial charge in [0.25, 0.3) is 0 Å². The third-order valence-corrected chi connectivity index (χ3v) is 3.75. The first-order chi connectivity index (χ1) is 9.74. The van der Waals surface area contributed by atoms with Crippen molar-refractivity contribution < 1.29 is 9.53 Å². The molecule has 3 aromatic heterocycles. The average molecular weight is 285 g/mol. The minimum Gasteiger partial charge on any atom is -0.465 e. The highest BCUT2D eigenvalue weighted by molar-refractivity contribution is 7.13. The van der Waals surface area contributed by atoms with Gasteiger partial charge in [-0.3, -0.25) is 0 Å². The second kappa shape index (κ2) is 4.90. The number of hydrogen-bond acceptors (Lipinski definition) is 5. The van der Waals surface area contributed by atoms with Gasteiger partial charge in [0.15, 0.2) is 11.5 Å². The number of ether oxygens (including phenoxy) is 1. The van der Waals surface area contributed by atoms with Crippen LogP contribution in [0.15, 0.2) is 36.2 Å². The van der Waals surface area contributed by atoms with Gasteiger partial charge in [0.05, 0.1) is 17.7 Å². The molecule has 0 amide bonds. The monoisotopic (exact) mass is 285 g/mol. The lowest BCUT2D eigenvalue weighted by atomic mass is 10.2. The van der Waals surface area contributed by atoms with Crippen molar-refractivity contribution in [1.82, 2.24) is 14.6 Å². The number of rotatable bonds is 3. The molecule has 0 saturated carbocycles. The van der Waals surface area contributed by atoms with Gasteiger partial charge in [0.1, 0.15) is 5.56 Å². The van der Waals surface area contributed by atoms with Crippen molar-refractivity contribution in [1.29, 1.82) is 0 Å². The number of aromatic nitrogens is 3. The van der Waals surface area contributed by atoms with E-state index >= 15 is 0 Å². The quantitative estimate of drug-likeness (QED) is 0.694. The Labute approximate surface area is 119 Å². The molecule has 6 heteroatoms. The average Bonchev–Trinajstić information content (AvgIpc) is 3.14. The summed E-state index contributed by atoms with van der Waals surface area (Å²) < 4.78 is 6.42. The van der Waals surface area contributed by atoms with E-state index in [0.29, 0.717) is 17.0 Å². The summed E-state index contributed by atoms with van der Waals surface area (Å²) in [5.41, 5.74) is 1.73.